The molecule has 2 fully saturated rings. The lowest BCUT2D eigenvalue weighted by Gasteiger charge is -2.42. The number of nitrogens with one attached hydrogen (secondary N) is 1. The van der Waals surface area contributed by atoms with Gasteiger partial charge in [-0.25, -0.2) is 14.6 Å². The summed E-state index contributed by atoms with van der Waals surface area (Å²) in [5.74, 6) is 0.783. The highest BCUT2D eigenvalue weighted by molar-refractivity contribution is 5.98. The molecule has 2 aliphatic rings. The largest absolute Gasteiger partial charge is 0.496 e. The van der Waals surface area contributed by atoms with Crippen LogP contribution in [-0.2, 0) is 11.3 Å². The van der Waals surface area contributed by atoms with E-state index in [2.05, 4.69) is 20.2 Å². The molecule has 6 rings (SSSR count). The van der Waals surface area contributed by atoms with E-state index in [1.165, 1.54) is 6.33 Å². The second-order valence-corrected chi connectivity index (χ2v) is 9.81. The maximum atomic E-state index is 12.7. The van der Waals surface area contributed by atoms with Gasteiger partial charge in [0.25, 0.3) is 5.91 Å². The molecule has 4 aromatic rings. The van der Waals surface area contributed by atoms with Crippen molar-refractivity contribution < 1.29 is 14.3 Å². The number of aromatic nitrogens is 4. The van der Waals surface area contributed by atoms with E-state index in [0.717, 1.165) is 67.0 Å². The third-order valence-electron chi connectivity index (χ3n) is 7.46. The van der Waals surface area contributed by atoms with Crippen molar-refractivity contribution in [3.63, 3.8) is 0 Å². The standard InChI is InChI=1S/C28H31N7O3/c1-37-23-7-3-2-6-22(23)28(36)30-13-18-8-10-19(11-9-18)25-24-26(29)31-17-32-27(24)35(33-25)20-5-4-12-34(14-20)21-15-38-16-21/h2-3,6-11,17,20-21H,4-5,12-16H2,1H3,(H,30,36)(H2,29,31,32)/t20-/m1/s1. The Morgan fingerprint density at radius 3 is 2.71 bits per heavy atom. The zero-order valence-corrected chi connectivity index (χ0v) is 21.3. The quantitative estimate of drug-likeness (QED) is 0.387. The van der Waals surface area contributed by atoms with Crippen LogP contribution in [0.1, 0.15) is 34.8 Å². The van der Waals surface area contributed by atoms with Crippen molar-refractivity contribution in [1.29, 1.82) is 0 Å². The zero-order valence-electron chi connectivity index (χ0n) is 21.3. The zero-order chi connectivity index (χ0) is 26.1. The van der Waals surface area contributed by atoms with E-state index >= 15 is 0 Å². The number of hydrogen-bond acceptors (Lipinski definition) is 8. The lowest BCUT2D eigenvalue weighted by Crippen LogP contribution is -2.52. The molecule has 0 spiro atoms. The summed E-state index contributed by atoms with van der Waals surface area (Å²) < 4.78 is 12.8. The average Bonchev–Trinajstić information content (AvgIpc) is 3.32. The number of likely N-dealkylation sites (tertiary alicyclic amines) is 1. The van der Waals surface area contributed by atoms with Gasteiger partial charge in [-0.05, 0) is 37.1 Å². The third kappa shape index (κ3) is 4.57. The first kappa shape index (κ1) is 24.3. The van der Waals surface area contributed by atoms with Gasteiger partial charge in [0.1, 0.15) is 23.6 Å². The predicted molar refractivity (Wildman–Crippen MR) is 144 cm³/mol. The number of nitrogen functional groups attached to an aromatic ring is 1. The molecule has 2 aliphatic heterocycles. The number of methoxy groups -OCH3 is 1. The van der Waals surface area contributed by atoms with Gasteiger partial charge in [-0.1, -0.05) is 36.4 Å². The first-order valence-electron chi connectivity index (χ1n) is 12.9. The van der Waals surface area contributed by atoms with Crippen molar-refractivity contribution in [3.05, 3.63) is 66.0 Å². The molecule has 4 heterocycles. The topological polar surface area (TPSA) is 120 Å². The van der Waals surface area contributed by atoms with Gasteiger partial charge in [-0.15, -0.1) is 0 Å². The second-order valence-electron chi connectivity index (χ2n) is 9.81. The van der Waals surface area contributed by atoms with E-state index < -0.39 is 0 Å². The molecule has 0 aliphatic carbocycles. The van der Waals surface area contributed by atoms with Crippen molar-refractivity contribution in [2.24, 2.45) is 0 Å². The number of nitrogens with two attached hydrogens (primary N) is 1. The van der Waals surface area contributed by atoms with Gasteiger partial charge in [-0.2, -0.15) is 5.10 Å². The number of rotatable bonds is 7. The van der Waals surface area contributed by atoms with Gasteiger partial charge in [0.2, 0.25) is 0 Å². The normalized spacial score (nSPS) is 18.3. The highest BCUT2D eigenvalue weighted by atomic mass is 16.5. The van der Waals surface area contributed by atoms with Gasteiger partial charge in [0.05, 0.1) is 43.4 Å². The lowest BCUT2D eigenvalue weighted by molar-refractivity contribution is -0.0755. The van der Waals surface area contributed by atoms with Crippen LogP contribution in [0.4, 0.5) is 5.82 Å². The van der Waals surface area contributed by atoms with E-state index in [1.807, 2.05) is 41.1 Å². The summed E-state index contributed by atoms with van der Waals surface area (Å²) in [6, 6.07) is 15.9. The smallest absolute Gasteiger partial charge is 0.255 e. The minimum absolute atomic E-state index is 0.184. The number of carbonyl (C=O) groups excluding carboxylic acids is 1. The van der Waals surface area contributed by atoms with Crippen LogP contribution in [0.15, 0.2) is 54.9 Å². The molecular weight excluding hydrogens is 482 g/mol. The van der Waals surface area contributed by atoms with Crippen LogP contribution in [0.3, 0.4) is 0 Å². The summed E-state index contributed by atoms with van der Waals surface area (Å²) in [5, 5.41) is 8.77. The van der Waals surface area contributed by atoms with Gasteiger partial charge in [0, 0.05) is 18.7 Å². The molecule has 10 heteroatoms. The molecule has 0 saturated carbocycles. The number of hydrogen-bond donors (Lipinski definition) is 2. The number of para-hydroxylation sites is 1. The first-order chi connectivity index (χ1) is 18.6. The Labute approximate surface area is 220 Å². The Balaban J connectivity index is 1.23. The van der Waals surface area contributed by atoms with Gasteiger partial charge in [-0.3, -0.25) is 9.69 Å². The number of carbonyl (C=O) groups is 1. The number of benzene rings is 2. The number of ether oxygens (including phenoxy) is 2. The van der Waals surface area contributed by atoms with Crippen molar-refractivity contribution >= 4 is 22.8 Å². The molecule has 0 unspecified atom stereocenters. The fraction of sp³-hybridized carbons (Fsp3) is 0.357. The van der Waals surface area contributed by atoms with Crippen molar-refractivity contribution in [2.45, 2.75) is 31.5 Å². The summed E-state index contributed by atoms with van der Waals surface area (Å²) in [6.45, 7) is 4.00. The second kappa shape index (κ2) is 10.4. The third-order valence-corrected chi connectivity index (χ3v) is 7.46. The van der Waals surface area contributed by atoms with Crippen LogP contribution in [0, 0.1) is 0 Å². The van der Waals surface area contributed by atoms with Crippen LogP contribution in [0.5, 0.6) is 5.75 Å². The van der Waals surface area contributed by atoms with E-state index in [-0.39, 0.29) is 11.9 Å². The highest BCUT2D eigenvalue weighted by Crippen LogP contribution is 2.34. The molecule has 2 aromatic carbocycles. The Morgan fingerprint density at radius 1 is 1.13 bits per heavy atom. The van der Waals surface area contributed by atoms with Crippen molar-refractivity contribution in [3.8, 4) is 17.0 Å². The minimum atomic E-state index is -0.184. The maximum Gasteiger partial charge on any atom is 0.255 e. The molecule has 3 N–H and O–H groups in total. The molecular formula is C28H31N7O3. The average molecular weight is 514 g/mol. The fourth-order valence-corrected chi connectivity index (χ4v) is 5.29. The lowest BCUT2D eigenvalue weighted by atomic mass is 10.0. The Morgan fingerprint density at radius 2 is 1.95 bits per heavy atom. The summed E-state index contributed by atoms with van der Waals surface area (Å²) in [6.07, 6.45) is 3.65. The van der Waals surface area contributed by atoms with E-state index in [0.29, 0.717) is 29.7 Å². The maximum absolute atomic E-state index is 12.7. The van der Waals surface area contributed by atoms with Crippen LogP contribution in [-0.4, -0.2) is 70.0 Å². The summed E-state index contributed by atoms with van der Waals surface area (Å²) in [5.41, 5.74) is 10.3. The van der Waals surface area contributed by atoms with E-state index in [4.69, 9.17) is 20.3 Å². The molecule has 10 nitrogen and oxygen atoms in total. The minimum Gasteiger partial charge on any atom is -0.496 e. The molecule has 1 atom stereocenters. The number of piperidine rings is 1. The highest BCUT2D eigenvalue weighted by Gasteiger charge is 2.32. The molecule has 38 heavy (non-hydrogen) atoms. The Bertz CT molecular complexity index is 1450. The molecule has 196 valence electrons. The summed E-state index contributed by atoms with van der Waals surface area (Å²) in [4.78, 5) is 24.0. The predicted octanol–water partition coefficient (Wildman–Crippen LogP) is 3.05. The number of anilines is 1. The Kier molecular flexibility index (Phi) is 6.65. The molecule has 0 bridgehead atoms. The van der Waals surface area contributed by atoms with Crippen molar-refractivity contribution in [2.75, 3.05) is 39.1 Å². The first-order valence-corrected chi connectivity index (χ1v) is 12.9. The number of fused-ring (bicyclic) bond motifs is 1. The van der Waals surface area contributed by atoms with Gasteiger partial charge >= 0.3 is 0 Å². The van der Waals surface area contributed by atoms with Gasteiger partial charge < -0.3 is 20.5 Å². The molecule has 1 amide bonds. The Hall–Kier alpha value is -4.02. The van der Waals surface area contributed by atoms with Crippen LogP contribution in [0.25, 0.3) is 22.3 Å². The van der Waals surface area contributed by atoms with E-state index in [9.17, 15) is 4.79 Å². The number of amides is 1. The van der Waals surface area contributed by atoms with Crippen LogP contribution in [0.2, 0.25) is 0 Å². The summed E-state index contributed by atoms with van der Waals surface area (Å²) >= 11 is 0. The summed E-state index contributed by atoms with van der Waals surface area (Å²) in [7, 11) is 1.56. The molecule has 2 saturated heterocycles. The SMILES string of the molecule is COc1ccccc1C(=O)NCc1ccc(-c2nn([C@@H]3CCCN(C4COC4)C3)c3ncnc(N)c23)cc1. The molecule has 0 radical (unpaired) electrons. The monoisotopic (exact) mass is 513 g/mol. The van der Waals surface area contributed by atoms with Crippen LogP contribution < -0.4 is 15.8 Å². The fourth-order valence-electron chi connectivity index (χ4n) is 5.29. The van der Waals surface area contributed by atoms with Gasteiger partial charge in [0.15, 0.2) is 5.65 Å². The number of nitrogens with zero attached hydrogens (tertiary/aromatic N) is 5. The molecule has 2 aromatic heterocycles. The van der Waals surface area contributed by atoms with E-state index in [1.54, 1.807) is 19.2 Å². The van der Waals surface area contributed by atoms with Crippen molar-refractivity contribution in [1.82, 2.24) is 30.0 Å². The van der Waals surface area contributed by atoms with Crippen LogP contribution >= 0.6 is 0 Å².